The minimum Gasteiger partial charge on any atom is -0.0853 e. The number of allylic oxidation sites excluding steroid dienone is 2. The zero-order chi connectivity index (χ0) is 15.2. The van der Waals surface area contributed by atoms with Gasteiger partial charge >= 0.3 is 0 Å². The Bertz CT molecular complexity index is 226. The van der Waals surface area contributed by atoms with E-state index in [1.165, 1.54) is 70.6 Å². The van der Waals surface area contributed by atoms with Gasteiger partial charge in [-0.05, 0) is 38.0 Å². The molecule has 2 atom stereocenters. The van der Waals surface area contributed by atoms with Crippen LogP contribution < -0.4 is 0 Å². The van der Waals surface area contributed by atoms with E-state index in [9.17, 15) is 0 Å². The van der Waals surface area contributed by atoms with Crippen LogP contribution in [0.4, 0.5) is 0 Å². The quantitative estimate of drug-likeness (QED) is 0.241. The first-order valence-electron chi connectivity index (χ1n) is 9.25. The molecule has 0 saturated carbocycles. The molecule has 0 nitrogen and oxygen atoms in total. The molecule has 0 spiro atoms. The smallest absolute Gasteiger partial charge is 0.0322 e. The summed E-state index contributed by atoms with van der Waals surface area (Å²) in [6.07, 6.45) is 17.7. The van der Waals surface area contributed by atoms with Crippen molar-refractivity contribution in [2.45, 2.75) is 105 Å². The Hall–Kier alpha value is -0.260. The van der Waals surface area contributed by atoms with Gasteiger partial charge in [0.05, 0.1) is 0 Å². The molecule has 0 aliphatic heterocycles. The Balaban J connectivity index is 3.58. The van der Waals surface area contributed by atoms with Gasteiger partial charge < -0.3 is 0 Å². The van der Waals surface area contributed by atoms with Crippen molar-refractivity contribution < 1.29 is 0 Å². The maximum Gasteiger partial charge on any atom is -0.0322 e. The minimum absolute atomic E-state index is 0.874. The third-order valence-electron chi connectivity index (χ3n) is 4.49. The first-order valence-corrected chi connectivity index (χ1v) is 9.25. The summed E-state index contributed by atoms with van der Waals surface area (Å²) < 4.78 is 0. The summed E-state index contributed by atoms with van der Waals surface area (Å²) in [5, 5.41) is 0. The standard InChI is InChI=1S/C20H40/c1-6-8-12-18(3)14-10-11-15-20(5)17-16-19(4)13-9-7-2/h17-19H,6-16H2,1-5H3. The minimum atomic E-state index is 0.874. The maximum atomic E-state index is 2.50. The van der Waals surface area contributed by atoms with Gasteiger partial charge in [-0.25, -0.2) is 0 Å². The van der Waals surface area contributed by atoms with Crippen LogP contribution >= 0.6 is 0 Å². The average Bonchev–Trinajstić information content (AvgIpc) is 2.45. The first kappa shape index (κ1) is 19.7. The highest BCUT2D eigenvalue weighted by Crippen LogP contribution is 2.19. The van der Waals surface area contributed by atoms with Gasteiger partial charge in [0.25, 0.3) is 0 Å². The van der Waals surface area contributed by atoms with Crippen LogP contribution in [0, 0.1) is 11.8 Å². The van der Waals surface area contributed by atoms with Crippen LogP contribution in [0.3, 0.4) is 0 Å². The molecule has 0 aromatic rings. The van der Waals surface area contributed by atoms with E-state index in [1.807, 2.05) is 0 Å². The molecule has 0 radical (unpaired) electrons. The lowest BCUT2D eigenvalue weighted by Gasteiger charge is -2.11. The summed E-state index contributed by atoms with van der Waals surface area (Å²) in [4.78, 5) is 0. The zero-order valence-corrected chi connectivity index (χ0v) is 15.0. The SMILES string of the molecule is CCCCC(C)CC=C(C)CCCCC(C)CCCC. The van der Waals surface area contributed by atoms with Crippen molar-refractivity contribution in [1.29, 1.82) is 0 Å². The second-order valence-electron chi connectivity index (χ2n) is 7.03. The van der Waals surface area contributed by atoms with Gasteiger partial charge in [-0.2, -0.15) is 0 Å². The highest BCUT2D eigenvalue weighted by molar-refractivity contribution is 4.98. The molecular formula is C20H40. The molecule has 0 N–H and O–H groups in total. The van der Waals surface area contributed by atoms with Gasteiger partial charge in [0.1, 0.15) is 0 Å². The highest BCUT2D eigenvalue weighted by Gasteiger charge is 2.02. The summed E-state index contributed by atoms with van der Waals surface area (Å²) in [5.41, 5.74) is 1.62. The topological polar surface area (TPSA) is 0 Å². The molecule has 0 heterocycles. The number of rotatable bonds is 13. The number of hydrogen-bond acceptors (Lipinski definition) is 0. The molecule has 0 amide bonds. The lowest BCUT2D eigenvalue weighted by Crippen LogP contribution is -1.95. The van der Waals surface area contributed by atoms with Crippen molar-refractivity contribution in [3.8, 4) is 0 Å². The van der Waals surface area contributed by atoms with Crippen molar-refractivity contribution in [2.24, 2.45) is 11.8 Å². The predicted octanol–water partition coefficient (Wildman–Crippen LogP) is 7.54. The monoisotopic (exact) mass is 280 g/mol. The van der Waals surface area contributed by atoms with E-state index >= 15 is 0 Å². The van der Waals surface area contributed by atoms with E-state index in [0.29, 0.717) is 0 Å². The molecule has 120 valence electrons. The van der Waals surface area contributed by atoms with Crippen LogP contribution in [0.2, 0.25) is 0 Å². The summed E-state index contributed by atoms with van der Waals surface area (Å²) in [7, 11) is 0. The van der Waals surface area contributed by atoms with Crippen LogP contribution in [-0.2, 0) is 0 Å². The zero-order valence-electron chi connectivity index (χ0n) is 15.0. The lowest BCUT2D eigenvalue weighted by atomic mass is 9.95. The molecule has 0 aliphatic carbocycles. The molecule has 2 unspecified atom stereocenters. The molecule has 0 aromatic heterocycles. The van der Waals surface area contributed by atoms with Crippen molar-refractivity contribution in [3.63, 3.8) is 0 Å². The van der Waals surface area contributed by atoms with Gasteiger partial charge in [0, 0.05) is 0 Å². The van der Waals surface area contributed by atoms with Crippen LogP contribution in [0.1, 0.15) is 105 Å². The largest absolute Gasteiger partial charge is 0.0853 e. The molecule has 0 bridgehead atoms. The van der Waals surface area contributed by atoms with E-state index in [1.54, 1.807) is 5.57 Å². The van der Waals surface area contributed by atoms with Crippen LogP contribution in [0.5, 0.6) is 0 Å². The molecule has 20 heavy (non-hydrogen) atoms. The fraction of sp³-hybridized carbons (Fsp3) is 0.900. The van der Waals surface area contributed by atoms with Crippen molar-refractivity contribution in [2.75, 3.05) is 0 Å². The fourth-order valence-corrected chi connectivity index (χ4v) is 2.77. The molecule has 0 heteroatoms. The van der Waals surface area contributed by atoms with Crippen LogP contribution in [-0.4, -0.2) is 0 Å². The van der Waals surface area contributed by atoms with Crippen LogP contribution in [0.25, 0.3) is 0 Å². The molecule has 0 aliphatic rings. The maximum absolute atomic E-state index is 2.50. The summed E-state index contributed by atoms with van der Waals surface area (Å²) in [6.45, 7) is 11.7. The Kier molecular flexibility index (Phi) is 13.5. The van der Waals surface area contributed by atoms with Gasteiger partial charge in [0.2, 0.25) is 0 Å². The van der Waals surface area contributed by atoms with Gasteiger partial charge in [-0.15, -0.1) is 0 Å². The van der Waals surface area contributed by atoms with Gasteiger partial charge in [0.15, 0.2) is 0 Å². The molecule has 0 saturated heterocycles. The highest BCUT2D eigenvalue weighted by atomic mass is 14.1. The molecular weight excluding hydrogens is 240 g/mol. The van der Waals surface area contributed by atoms with E-state index in [2.05, 4.69) is 40.7 Å². The second kappa shape index (κ2) is 13.7. The normalized spacial score (nSPS) is 15.3. The van der Waals surface area contributed by atoms with Gasteiger partial charge in [-0.3, -0.25) is 0 Å². The average molecular weight is 281 g/mol. The third-order valence-corrected chi connectivity index (χ3v) is 4.49. The predicted molar refractivity (Wildman–Crippen MR) is 94.2 cm³/mol. The van der Waals surface area contributed by atoms with E-state index in [0.717, 1.165) is 11.8 Å². The molecule has 0 aromatic carbocycles. The first-order chi connectivity index (χ1) is 9.60. The Morgan fingerprint density at radius 1 is 0.800 bits per heavy atom. The fourth-order valence-electron chi connectivity index (χ4n) is 2.77. The van der Waals surface area contributed by atoms with E-state index in [-0.39, 0.29) is 0 Å². The van der Waals surface area contributed by atoms with Gasteiger partial charge in [-0.1, -0.05) is 90.7 Å². The Morgan fingerprint density at radius 3 is 1.95 bits per heavy atom. The summed E-state index contributed by atoms with van der Waals surface area (Å²) in [6, 6.07) is 0. The van der Waals surface area contributed by atoms with Crippen molar-refractivity contribution in [1.82, 2.24) is 0 Å². The number of unbranched alkanes of at least 4 members (excludes halogenated alkanes) is 3. The van der Waals surface area contributed by atoms with E-state index in [4.69, 9.17) is 0 Å². The van der Waals surface area contributed by atoms with Crippen molar-refractivity contribution >= 4 is 0 Å². The van der Waals surface area contributed by atoms with Crippen LogP contribution in [0.15, 0.2) is 11.6 Å². The Labute approximate surface area is 129 Å². The molecule has 0 rings (SSSR count). The Morgan fingerprint density at radius 2 is 1.35 bits per heavy atom. The second-order valence-corrected chi connectivity index (χ2v) is 7.03. The summed E-state index contributed by atoms with van der Waals surface area (Å²) >= 11 is 0. The lowest BCUT2D eigenvalue weighted by molar-refractivity contribution is 0.449. The van der Waals surface area contributed by atoms with Crippen molar-refractivity contribution in [3.05, 3.63) is 11.6 Å². The summed E-state index contributed by atoms with van der Waals surface area (Å²) in [5.74, 6) is 1.81. The van der Waals surface area contributed by atoms with E-state index < -0.39 is 0 Å². The third kappa shape index (κ3) is 12.8. The number of hydrogen-bond donors (Lipinski definition) is 0. The molecule has 0 fully saturated rings.